The Hall–Kier alpha value is -3.02. The number of hydrogen-bond acceptors (Lipinski definition) is 3. The molecule has 0 aromatic heterocycles. The fourth-order valence-electron chi connectivity index (χ4n) is 2.10. The van der Waals surface area contributed by atoms with E-state index in [0.717, 1.165) is 11.1 Å². The van der Waals surface area contributed by atoms with Gasteiger partial charge in [-0.15, -0.1) is 0 Å². The summed E-state index contributed by atoms with van der Waals surface area (Å²) >= 11 is 0. The third-order valence-corrected chi connectivity index (χ3v) is 3.20. The standard InChI is InChI=1S/C18H21N3O3/c1-3-24-18(23)21-16-9-7-15(8-10-16)20-17(22)19-12-14-6-4-5-13(2)11-14/h4-11H,3,12H2,1-2H3,(H,21,23)(H2,19,20,22). The Morgan fingerprint density at radius 3 is 2.29 bits per heavy atom. The minimum Gasteiger partial charge on any atom is -0.450 e. The molecule has 0 aliphatic rings. The molecular formula is C18H21N3O3. The van der Waals surface area contributed by atoms with Gasteiger partial charge >= 0.3 is 12.1 Å². The van der Waals surface area contributed by atoms with Gasteiger partial charge in [0.15, 0.2) is 0 Å². The number of ether oxygens (including phenoxy) is 1. The smallest absolute Gasteiger partial charge is 0.411 e. The number of rotatable bonds is 5. The van der Waals surface area contributed by atoms with Gasteiger partial charge in [-0.2, -0.15) is 0 Å². The van der Waals surface area contributed by atoms with Crippen LogP contribution in [-0.2, 0) is 11.3 Å². The molecule has 3 amide bonds. The lowest BCUT2D eigenvalue weighted by molar-refractivity contribution is 0.168. The summed E-state index contributed by atoms with van der Waals surface area (Å²) in [6, 6.07) is 14.4. The Labute approximate surface area is 141 Å². The first-order chi connectivity index (χ1) is 11.6. The van der Waals surface area contributed by atoms with Crippen molar-refractivity contribution in [3.63, 3.8) is 0 Å². The van der Waals surface area contributed by atoms with Crippen LogP contribution in [0.25, 0.3) is 0 Å². The fourth-order valence-corrected chi connectivity index (χ4v) is 2.10. The lowest BCUT2D eigenvalue weighted by atomic mass is 10.1. The Morgan fingerprint density at radius 2 is 1.67 bits per heavy atom. The molecule has 2 aromatic rings. The number of anilines is 2. The molecule has 2 aromatic carbocycles. The fraction of sp³-hybridized carbons (Fsp3) is 0.222. The van der Waals surface area contributed by atoms with Crippen LogP contribution < -0.4 is 16.0 Å². The molecule has 0 saturated carbocycles. The molecule has 3 N–H and O–H groups in total. The van der Waals surface area contributed by atoms with Crippen LogP contribution >= 0.6 is 0 Å². The third-order valence-electron chi connectivity index (χ3n) is 3.20. The summed E-state index contributed by atoms with van der Waals surface area (Å²) in [4.78, 5) is 23.2. The number of urea groups is 1. The van der Waals surface area contributed by atoms with Gasteiger partial charge in [0.2, 0.25) is 0 Å². The van der Waals surface area contributed by atoms with Crippen LogP contribution in [0.5, 0.6) is 0 Å². The zero-order chi connectivity index (χ0) is 17.4. The van der Waals surface area contributed by atoms with Crippen molar-refractivity contribution in [1.82, 2.24) is 5.32 Å². The molecule has 6 nitrogen and oxygen atoms in total. The summed E-state index contributed by atoms with van der Waals surface area (Å²) in [6.07, 6.45) is -0.505. The Kier molecular flexibility index (Phi) is 6.19. The molecule has 0 fully saturated rings. The van der Waals surface area contributed by atoms with E-state index in [2.05, 4.69) is 16.0 Å². The van der Waals surface area contributed by atoms with Crippen molar-refractivity contribution in [2.75, 3.05) is 17.2 Å². The third kappa shape index (κ3) is 5.64. The summed E-state index contributed by atoms with van der Waals surface area (Å²) in [7, 11) is 0. The summed E-state index contributed by atoms with van der Waals surface area (Å²) in [6.45, 7) is 4.51. The van der Waals surface area contributed by atoms with E-state index in [1.807, 2.05) is 31.2 Å². The number of hydrogen-bond donors (Lipinski definition) is 3. The first-order valence-electron chi connectivity index (χ1n) is 7.71. The van der Waals surface area contributed by atoms with Gasteiger partial charge in [-0.05, 0) is 43.7 Å². The quantitative estimate of drug-likeness (QED) is 0.779. The topological polar surface area (TPSA) is 79.5 Å². The molecule has 2 rings (SSSR count). The van der Waals surface area contributed by atoms with Gasteiger partial charge in [-0.1, -0.05) is 29.8 Å². The van der Waals surface area contributed by atoms with E-state index in [0.29, 0.717) is 24.5 Å². The number of nitrogens with one attached hydrogen (secondary N) is 3. The van der Waals surface area contributed by atoms with Crippen molar-refractivity contribution < 1.29 is 14.3 Å². The van der Waals surface area contributed by atoms with Crippen LogP contribution in [0, 0.1) is 6.92 Å². The summed E-state index contributed by atoms with van der Waals surface area (Å²) in [5.74, 6) is 0. The van der Waals surface area contributed by atoms with Crippen LogP contribution in [0.3, 0.4) is 0 Å². The van der Waals surface area contributed by atoms with Crippen molar-refractivity contribution in [3.8, 4) is 0 Å². The van der Waals surface area contributed by atoms with E-state index < -0.39 is 6.09 Å². The van der Waals surface area contributed by atoms with Crippen molar-refractivity contribution in [3.05, 3.63) is 59.7 Å². The summed E-state index contributed by atoms with van der Waals surface area (Å²) in [5.41, 5.74) is 3.42. The molecule has 0 atom stereocenters. The van der Waals surface area contributed by atoms with Crippen molar-refractivity contribution in [2.45, 2.75) is 20.4 Å². The maximum Gasteiger partial charge on any atom is 0.411 e. The largest absolute Gasteiger partial charge is 0.450 e. The van der Waals surface area contributed by atoms with Gasteiger partial charge in [0.25, 0.3) is 0 Å². The van der Waals surface area contributed by atoms with Crippen LogP contribution in [0.4, 0.5) is 21.0 Å². The Morgan fingerprint density at radius 1 is 1.00 bits per heavy atom. The van der Waals surface area contributed by atoms with Crippen LogP contribution in [-0.4, -0.2) is 18.7 Å². The zero-order valence-electron chi connectivity index (χ0n) is 13.8. The zero-order valence-corrected chi connectivity index (χ0v) is 13.8. The molecule has 6 heteroatoms. The van der Waals surface area contributed by atoms with Gasteiger partial charge in [-0.3, -0.25) is 5.32 Å². The molecular weight excluding hydrogens is 306 g/mol. The van der Waals surface area contributed by atoms with E-state index in [4.69, 9.17) is 4.74 Å². The maximum atomic E-state index is 11.9. The van der Waals surface area contributed by atoms with E-state index in [-0.39, 0.29) is 6.03 Å². The lowest BCUT2D eigenvalue weighted by Gasteiger charge is -2.09. The highest BCUT2D eigenvalue weighted by atomic mass is 16.5. The summed E-state index contributed by atoms with van der Waals surface area (Å²) in [5, 5.41) is 8.12. The predicted octanol–water partition coefficient (Wildman–Crippen LogP) is 3.89. The molecule has 0 heterocycles. The number of benzene rings is 2. The highest BCUT2D eigenvalue weighted by Crippen LogP contribution is 2.13. The first-order valence-corrected chi connectivity index (χ1v) is 7.71. The molecule has 0 unspecified atom stereocenters. The van der Waals surface area contributed by atoms with Gasteiger partial charge in [-0.25, -0.2) is 9.59 Å². The minimum atomic E-state index is -0.505. The molecule has 0 aliphatic heterocycles. The normalized spacial score (nSPS) is 9.92. The number of carbonyl (C=O) groups excluding carboxylic acids is 2. The molecule has 126 valence electrons. The number of aryl methyl sites for hydroxylation is 1. The van der Waals surface area contributed by atoms with Gasteiger partial charge in [0.05, 0.1) is 6.61 Å². The van der Waals surface area contributed by atoms with Gasteiger partial charge in [0.1, 0.15) is 0 Å². The minimum absolute atomic E-state index is 0.289. The van der Waals surface area contributed by atoms with Crippen molar-refractivity contribution in [2.24, 2.45) is 0 Å². The van der Waals surface area contributed by atoms with Gasteiger partial charge in [0, 0.05) is 17.9 Å². The van der Waals surface area contributed by atoms with Crippen LogP contribution in [0.2, 0.25) is 0 Å². The molecule has 0 radical (unpaired) electrons. The summed E-state index contributed by atoms with van der Waals surface area (Å²) < 4.78 is 4.79. The number of amides is 3. The van der Waals surface area contributed by atoms with Gasteiger partial charge < -0.3 is 15.4 Å². The van der Waals surface area contributed by atoms with Crippen LogP contribution in [0.15, 0.2) is 48.5 Å². The highest BCUT2D eigenvalue weighted by Gasteiger charge is 2.04. The highest BCUT2D eigenvalue weighted by molar-refractivity contribution is 5.90. The number of carbonyl (C=O) groups is 2. The van der Waals surface area contributed by atoms with E-state index >= 15 is 0 Å². The molecule has 24 heavy (non-hydrogen) atoms. The van der Waals surface area contributed by atoms with Crippen LogP contribution in [0.1, 0.15) is 18.1 Å². The molecule has 0 aliphatic carbocycles. The Balaban J connectivity index is 1.82. The second-order valence-electron chi connectivity index (χ2n) is 5.22. The molecule has 0 bridgehead atoms. The van der Waals surface area contributed by atoms with E-state index in [1.165, 1.54) is 0 Å². The molecule has 0 saturated heterocycles. The van der Waals surface area contributed by atoms with Crippen molar-refractivity contribution in [1.29, 1.82) is 0 Å². The van der Waals surface area contributed by atoms with E-state index in [1.54, 1.807) is 31.2 Å². The lowest BCUT2D eigenvalue weighted by Crippen LogP contribution is -2.28. The molecule has 0 spiro atoms. The van der Waals surface area contributed by atoms with E-state index in [9.17, 15) is 9.59 Å². The SMILES string of the molecule is CCOC(=O)Nc1ccc(NC(=O)NCc2cccc(C)c2)cc1. The average Bonchev–Trinajstić information content (AvgIpc) is 2.55. The Bertz CT molecular complexity index is 699. The maximum absolute atomic E-state index is 11.9. The second-order valence-corrected chi connectivity index (χ2v) is 5.22. The predicted molar refractivity (Wildman–Crippen MR) is 94.1 cm³/mol. The first kappa shape index (κ1) is 17.3. The second kappa shape index (κ2) is 8.57. The monoisotopic (exact) mass is 327 g/mol. The van der Waals surface area contributed by atoms with Crippen molar-refractivity contribution >= 4 is 23.5 Å². The average molecular weight is 327 g/mol.